The fraction of sp³-hybridized carbons (Fsp3) is 0.154. The molecule has 0 radical (unpaired) electrons. The van der Waals surface area contributed by atoms with Crippen molar-refractivity contribution in [2.24, 2.45) is 0 Å². The molecule has 92 valence electrons. The van der Waals surface area contributed by atoms with Gasteiger partial charge in [0.05, 0.1) is 5.56 Å². The summed E-state index contributed by atoms with van der Waals surface area (Å²) in [5, 5.41) is 8.78. The molecule has 2 rings (SSSR count). The maximum absolute atomic E-state index is 10.7. The standard InChI is InChI=1S/C13H12N2O3/c1-8-7-12(15-9(2)14-8)18-11-5-3-10(4-6-11)13(16)17/h3-7H,1-2H3,(H,16,17). The van der Waals surface area contributed by atoms with E-state index in [9.17, 15) is 4.79 Å². The summed E-state index contributed by atoms with van der Waals surface area (Å²) in [5.74, 6) is 0.656. The van der Waals surface area contributed by atoms with E-state index in [2.05, 4.69) is 9.97 Å². The van der Waals surface area contributed by atoms with Gasteiger partial charge in [0.25, 0.3) is 0 Å². The van der Waals surface area contributed by atoms with Crippen LogP contribution in [0.3, 0.4) is 0 Å². The molecular formula is C13H12N2O3. The van der Waals surface area contributed by atoms with Gasteiger partial charge in [0.2, 0.25) is 5.88 Å². The Hall–Kier alpha value is -2.43. The second kappa shape index (κ2) is 4.83. The van der Waals surface area contributed by atoms with E-state index < -0.39 is 5.97 Å². The fourth-order valence-corrected chi connectivity index (χ4v) is 1.52. The number of aryl methyl sites for hydroxylation is 2. The van der Waals surface area contributed by atoms with E-state index in [1.165, 1.54) is 12.1 Å². The molecule has 0 fully saturated rings. The van der Waals surface area contributed by atoms with Gasteiger partial charge in [-0.05, 0) is 38.1 Å². The summed E-state index contributed by atoms with van der Waals surface area (Å²) in [6.07, 6.45) is 0. The molecule has 0 atom stereocenters. The number of hydrogen-bond donors (Lipinski definition) is 1. The molecule has 0 amide bonds. The predicted octanol–water partition coefficient (Wildman–Crippen LogP) is 2.58. The van der Waals surface area contributed by atoms with Crippen molar-refractivity contribution >= 4 is 5.97 Å². The maximum Gasteiger partial charge on any atom is 0.335 e. The van der Waals surface area contributed by atoms with Crippen molar-refractivity contribution in [2.45, 2.75) is 13.8 Å². The number of nitrogens with zero attached hydrogens (tertiary/aromatic N) is 2. The highest BCUT2D eigenvalue weighted by Gasteiger charge is 2.04. The highest BCUT2D eigenvalue weighted by molar-refractivity contribution is 5.87. The lowest BCUT2D eigenvalue weighted by Gasteiger charge is -2.06. The number of carboxylic acids is 1. The van der Waals surface area contributed by atoms with Gasteiger partial charge < -0.3 is 9.84 Å². The molecule has 1 heterocycles. The van der Waals surface area contributed by atoms with Crippen molar-refractivity contribution in [3.63, 3.8) is 0 Å². The summed E-state index contributed by atoms with van der Waals surface area (Å²) in [4.78, 5) is 19.0. The van der Waals surface area contributed by atoms with Crippen molar-refractivity contribution in [3.8, 4) is 11.6 Å². The van der Waals surface area contributed by atoms with Gasteiger partial charge in [0, 0.05) is 11.8 Å². The van der Waals surface area contributed by atoms with Crippen LogP contribution in [-0.4, -0.2) is 21.0 Å². The Morgan fingerprint density at radius 3 is 2.39 bits per heavy atom. The van der Waals surface area contributed by atoms with Gasteiger partial charge in [-0.1, -0.05) is 0 Å². The summed E-state index contributed by atoms with van der Waals surface area (Å²) < 4.78 is 5.53. The third kappa shape index (κ3) is 2.82. The van der Waals surface area contributed by atoms with Crippen LogP contribution in [0.1, 0.15) is 21.9 Å². The van der Waals surface area contributed by atoms with E-state index in [1.54, 1.807) is 25.1 Å². The summed E-state index contributed by atoms with van der Waals surface area (Å²) >= 11 is 0. The van der Waals surface area contributed by atoms with Crippen LogP contribution in [0, 0.1) is 13.8 Å². The molecule has 0 aliphatic carbocycles. The van der Waals surface area contributed by atoms with Crippen molar-refractivity contribution in [1.82, 2.24) is 9.97 Å². The summed E-state index contributed by atoms with van der Waals surface area (Å²) in [6.45, 7) is 3.64. The summed E-state index contributed by atoms with van der Waals surface area (Å²) in [7, 11) is 0. The maximum atomic E-state index is 10.7. The van der Waals surface area contributed by atoms with Crippen LogP contribution in [0.5, 0.6) is 11.6 Å². The Kier molecular flexibility index (Phi) is 3.23. The van der Waals surface area contributed by atoms with E-state index >= 15 is 0 Å². The number of aromatic carboxylic acids is 1. The smallest absolute Gasteiger partial charge is 0.335 e. The largest absolute Gasteiger partial charge is 0.478 e. The fourth-order valence-electron chi connectivity index (χ4n) is 1.52. The van der Waals surface area contributed by atoms with Crippen LogP contribution in [0.2, 0.25) is 0 Å². The van der Waals surface area contributed by atoms with Crippen molar-refractivity contribution in [3.05, 3.63) is 47.4 Å². The lowest BCUT2D eigenvalue weighted by atomic mass is 10.2. The molecule has 0 spiro atoms. The van der Waals surface area contributed by atoms with Gasteiger partial charge in [-0.2, -0.15) is 4.98 Å². The van der Waals surface area contributed by atoms with Gasteiger partial charge in [-0.15, -0.1) is 0 Å². The first-order chi connectivity index (χ1) is 8.54. The minimum Gasteiger partial charge on any atom is -0.478 e. The second-order valence-corrected chi connectivity index (χ2v) is 3.83. The van der Waals surface area contributed by atoms with E-state index in [0.29, 0.717) is 17.5 Å². The Morgan fingerprint density at radius 1 is 1.17 bits per heavy atom. The number of carboxylic acid groups (broad SMARTS) is 1. The highest BCUT2D eigenvalue weighted by atomic mass is 16.5. The lowest BCUT2D eigenvalue weighted by molar-refractivity contribution is 0.0697. The molecular weight excluding hydrogens is 232 g/mol. The molecule has 18 heavy (non-hydrogen) atoms. The zero-order chi connectivity index (χ0) is 13.1. The van der Waals surface area contributed by atoms with E-state index in [-0.39, 0.29) is 5.56 Å². The normalized spacial score (nSPS) is 10.1. The summed E-state index contributed by atoms with van der Waals surface area (Å²) in [6, 6.07) is 7.88. The van der Waals surface area contributed by atoms with Crippen LogP contribution < -0.4 is 4.74 Å². The monoisotopic (exact) mass is 244 g/mol. The Morgan fingerprint density at radius 2 is 1.83 bits per heavy atom. The molecule has 0 aliphatic heterocycles. The molecule has 0 aliphatic rings. The molecule has 1 aromatic heterocycles. The minimum absolute atomic E-state index is 0.220. The minimum atomic E-state index is -0.963. The molecule has 1 aromatic carbocycles. The third-order valence-corrected chi connectivity index (χ3v) is 2.27. The molecule has 0 unspecified atom stereocenters. The number of benzene rings is 1. The van der Waals surface area contributed by atoms with Crippen LogP contribution >= 0.6 is 0 Å². The number of aromatic nitrogens is 2. The molecule has 1 N–H and O–H groups in total. The van der Waals surface area contributed by atoms with Gasteiger partial charge >= 0.3 is 5.97 Å². The average Bonchev–Trinajstić information content (AvgIpc) is 2.28. The predicted molar refractivity (Wildman–Crippen MR) is 65.0 cm³/mol. The molecule has 5 nitrogen and oxygen atoms in total. The number of rotatable bonds is 3. The summed E-state index contributed by atoms with van der Waals surface area (Å²) in [5.41, 5.74) is 1.04. The van der Waals surface area contributed by atoms with Crippen LogP contribution in [0.15, 0.2) is 30.3 Å². The van der Waals surface area contributed by atoms with Crippen molar-refractivity contribution < 1.29 is 14.6 Å². The average molecular weight is 244 g/mol. The molecule has 0 saturated heterocycles. The quantitative estimate of drug-likeness (QED) is 0.898. The van der Waals surface area contributed by atoms with Crippen molar-refractivity contribution in [1.29, 1.82) is 0 Å². The number of hydrogen-bond acceptors (Lipinski definition) is 4. The topological polar surface area (TPSA) is 72.3 Å². The Balaban J connectivity index is 2.20. The molecule has 5 heteroatoms. The van der Waals surface area contributed by atoms with E-state index in [4.69, 9.17) is 9.84 Å². The van der Waals surface area contributed by atoms with Gasteiger partial charge in [0.15, 0.2) is 0 Å². The molecule has 0 bridgehead atoms. The first kappa shape index (κ1) is 12.0. The zero-order valence-corrected chi connectivity index (χ0v) is 10.0. The highest BCUT2D eigenvalue weighted by Crippen LogP contribution is 2.20. The van der Waals surface area contributed by atoms with Gasteiger partial charge in [-0.3, -0.25) is 0 Å². The van der Waals surface area contributed by atoms with E-state index in [1.807, 2.05) is 6.92 Å². The van der Waals surface area contributed by atoms with Gasteiger partial charge in [0.1, 0.15) is 11.6 Å². The Bertz CT molecular complexity index is 559. The SMILES string of the molecule is Cc1cc(Oc2ccc(C(=O)O)cc2)nc(C)n1. The third-order valence-electron chi connectivity index (χ3n) is 2.27. The Labute approximate surface area is 104 Å². The number of ether oxygens (including phenoxy) is 1. The van der Waals surface area contributed by atoms with Crippen LogP contribution in [0.4, 0.5) is 0 Å². The second-order valence-electron chi connectivity index (χ2n) is 3.83. The first-order valence-electron chi connectivity index (χ1n) is 5.38. The lowest BCUT2D eigenvalue weighted by Crippen LogP contribution is -1.97. The van der Waals surface area contributed by atoms with Crippen molar-refractivity contribution in [2.75, 3.05) is 0 Å². The number of carbonyl (C=O) groups is 1. The molecule has 2 aromatic rings. The molecule has 0 saturated carbocycles. The van der Waals surface area contributed by atoms with E-state index in [0.717, 1.165) is 5.69 Å². The zero-order valence-electron chi connectivity index (χ0n) is 10.0. The van der Waals surface area contributed by atoms with Crippen LogP contribution in [-0.2, 0) is 0 Å². The first-order valence-corrected chi connectivity index (χ1v) is 5.38. The van der Waals surface area contributed by atoms with Gasteiger partial charge in [-0.25, -0.2) is 9.78 Å². The van der Waals surface area contributed by atoms with Crippen LogP contribution in [0.25, 0.3) is 0 Å².